The van der Waals surface area contributed by atoms with Gasteiger partial charge in [0, 0.05) is 5.69 Å². The van der Waals surface area contributed by atoms with Crippen LogP contribution in [0.3, 0.4) is 0 Å². The quantitative estimate of drug-likeness (QED) is 0.665. The van der Waals surface area contributed by atoms with Crippen LogP contribution in [0.2, 0.25) is 0 Å². The van der Waals surface area contributed by atoms with Crippen LogP contribution in [0.25, 0.3) is 16.7 Å². The number of aryl methyl sites for hydroxylation is 1. The van der Waals surface area contributed by atoms with Crippen molar-refractivity contribution in [3.63, 3.8) is 0 Å². The Labute approximate surface area is 104 Å². The van der Waals surface area contributed by atoms with Crippen LogP contribution in [0.4, 0.5) is 10.1 Å². The average molecular weight is 241 g/mol. The molecule has 1 aromatic heterocycles. The number of hydrogen-bond acceptors (Lipinski definition) is 2. The number of anilines is 1. The average Bonchev–Trinajstić information content (AvgIpc) is 2.72. The molecule has 0 fully saturated rings. The lowest BCUT2D eigenvalue weighted by molar-refractivity contribution is 0.618. The van der Waals surface area contributed by atoms with Gasteiger partial charge in [-0.25, -0.2) is 9.37 Å². The summed E-state index contributed by atoms with van der Waals surface area (Å²) in [5, 5.41) is 0. The summed E-state index contributed by atoms with van der Waals surface area (Å²) in [4.78, 5) is 4.24. The van der Waals surface area contributed by atoms with Crippen LogP contribution in [-0.2, 0) is 0 Å². The monoisotopic (exact) mass is 241 g/mol. The van der Waals surface area contributed by atoms with Crippen molar-refractivity contribution in [3.05, 3.63) is 54.1 Å². The first kappa shape index (κ1) is 10.8. The molecule has 0 spiro atoms. The molecule has 90 valence electrons. The fourth-order valence-electron chi connectivity index (χ4n) is 2.03. The minimum atomic E-state index is -0.258. The second kappa shape index (κ2) is 3.84. The van der Waals surface area contributed by atoms with E-state index in [0.717, 1.165) is 16.6 Å². The number of imidazole rings is 1. The van der Waals surface area contributed by atoms with Crippen LogP contribution in [0.1, 0.15) is 5.56 Å². The largest absolute Gasteiger partial charge is 0.399 e. The minimum Gasteiger partial charge on any atom is -0.399 e. The molecule has 0 atom stereocenters. The van der Waals surface area contributed by atoms with Gasteiger partial charge in [0.15, 0.2) is 0 Å². The van der Waals surface area contributed by atoms with E-state index in [1.807, 2.05) is 19.1 Å². The number of fused-ring (bicyclic) bond motifs is 1. The first-order valence-corrected chi connectivity index (χ1v) is 5.64. The molecule has 18 heavy (non-hydrogen) atoms. The number of nitrogens with zero attached hydrogens (tertiary/aromatic N) is 2. The summed E-state index contributed by atoms with van der Waals surface area (Å²) in [6.07, 6.45) is 1.61. The molecule has 4 heteroatoms. The number of halogens is 1. The van der Waals surface area contributed by atoms with Crippen LogP contribution in [0.15, 0.2) is 42.7 Å². The first-order valence-electron chi connectivity index (χ1n) is 5.64. The van der Waals surface area contributed by atoms with Gasteiger partial charge in [-0.05, 0) is 42.8 Å². The van der Waals surface area contributed by atoms with Gasteiger partial charge in [0.1, 0.15) is 12.1 Å². The molecule has 0 saturated heterocycles. The Morgan fingerprint density at radius 3 is 2.78 bits per heavy atom. The lowest BCUT2D eigenvalue weighted by atomic mass is 10.2. The molecule has 0 saturated carbocycles. The van der Waals surface area contributed by atoms with Crippen LogP contribution < -0.4 is 5.73 Å². The lowest BCUT2D eigenvalue weighted by Crippen LogP contribution is -1.96. The van der Waals surface area contributed by atoms with Crippen molar-refractivity contribution >= 4 is 16.7 Å². The number of aromatic nitrogens is 2. The zero-order valence-electron chi connectivity index (χ0n) is 9.89. The van der Waals surface area contributed by atoms with Gasteiger partial charge < -0.3 is 5.73 Å². The molecule has 0 aliphatic rings. The SMILES string of the molecule is Cc1ccc(-n2cnc3cc(N)ccc32)c(F)c1. The van der Waals surface area contributed by atoms with E-state index in [9.17, 15) is 4.39 Å². The van der Waals surface area contributed by atoms with E-state index in [-0.39, 0.29) is 5.82 Å². The Bertz CT molecular complexity index is 731. The van der Waals surface area contributed by atoms with Gasteiger partial charge in [-0.1, -0.05) is 6.07 Å². The molecule has 0 amide bonds. The van der Waals surface area contributed by atoms with E-state index in [0.29, 0.717) is 11.4 Å². The summed E-state index contributed by atoms with van der Waals surface area (Å²) < 4.78 is 15.7. The molecule has 3 aromatic rings. The summed E-state index contributed by atoms with van der Waals surface area (Å²) in [5.41, 5.74) is 9.33. The van der Waals surface area contributed by atoms with Gasteiger partial charge >= 0.3 is 0 Å². The Morgan fingerprint density at radius 1 is 1.17 bits per heavy atom. The third-order valence-corrected chi connectivity index (χ3v) is 2.93. The maximum Gasteiger partial charge on any atom is 0.147 e. The molecule has 0 unspecified atom stereocenters. The molecular formula is C14H12FN3. The second-order valence-corrected chi connectivity index (χ2v) is 4.32. The van der Waals surface area contributed by atoms with Crippen molar-refractivity contribution in [3.8, 4) is 5.69 Å². The van der Waals surface area contributed by atoms with E-state index in [1.54, 1.807) is 29.1 Å². The Kier molecular flexibility index (Phi) is 2.30. The van der Waals surface area contributed by atoms with E-state index in [1.165, 1.54) is 6.07 Å². The molecule has 1 heterocycles. The smallest absolute Gasteiger partial charge is 0.147 e. The van der Waals surface area contributed by atoms with Crippen LogP contribution in [0, 0.1) is 12.7 Å². The maximum absolute atomic E-state index is 13.9. The zero-order valence-corrected chi connectivity index (χ0v) is 9.89. The first-order chi connectivity index (χ1) is 8.65. The minimum absolute atomic E-state index is 0.258. The third-order valence-electron chi connectivity index (χ3n) is 2.93. The fraction of sp³-hybridized carbons (Fsp3) is 0.0714. The summed E-state index contributed by atoms with van der Waals surface area (Å²) in [7, 11) is 0. The Morgan fingerprint density at radius 2 is 2.00 bits per heavy atom. The lowest BCUT2D eigenvalue weighted by Gasteiger charge is -2.06. The fourth-order valence-corrected chi connectivity index (χ4v) is 2.03. The van der Waals surface area contributed by atoms with Crippen molar-refractivity contribution in [2.45, 2.75) is 6.92 Å². The maximum atomic E-state index is 13.9. The van der Waals surface area contributed by atoms with E-state index in [4.69, 9.17) is 5.73 Å². The van der Waals surface area contributed by atoms with Gasteiger partial charge in [0.25, 0.3) is 0 Å². The Balaban J connectivity index is 2.25. The second-order valence-electron chi connectivity index (χ2n) is 4.32. The van der Waals surface area contributed by atoms with E-state index >= 15 is 0 Å². The summed E-state index contributed by atoms with van der Waals surface area (Å²) >= 11 is 0. The van der Waals surface area contributed by atoms with Gasteiger partial charge in [-0.2, -0.15) is 0 Å². The predicted octanol–water partition coefficient (Wildman–Crippen LogP) is 3.06. The number of rotatable bonds is 1. The highest BCUT2D eigenvalue weighted by Crippen LogP contribution is 2.22. The molecular weight excluding hydrogens is 229 g/mol. The molecule has 3 nitrogen and oxygen atoms in total. The van der Waals surface area contributed by atoms with Crippen molar-refractivity contribution in [1.82, 2.24) is 9.55 Å². The van der Waals surface area contributed by atoms with Gasteiger partial charge in [-0.3, -0.25) is 4.57 Å². The number of nitrogens with two attached hydrogens (primary N) is 1. The highest BCUT2D eigenvalue weighted by atomic mass is 19.1. The summed E-state index contributed by atoms with van der Waals surface area (Å²) in [6.45, 7) is 1.86. The molecule has 0 radical (unpaired) electrons. The number of hydrogen-bond donors (Lipinski definition) is 1. The molecule has 3 rings (SSSR count). The number of benzene rings is 2. The highest BCUT2D eigenvalue weighted by Gasteiger charge is 2.09. The molecule has 2 aromatic carbocycles. The topological polar surface area (TPSA) is 43.8 Å². The standard InChI is InChI=1S/C14H12FN3/c1-9-2-4-13(11(15)6-9)18-8-17-12-7-10(16)3-5-14(12)18/h2-8H,16H2,1H3. The van der Waals surface area contributed by atoms with E-state index < -0.39 is 0 Å². The van der Waals surface area contributed by atoms with Gasteiger partial charge in [0.2, 0.25) is 0 Å². The molecule has 0 aliphatic heterocycles. The van der Waals surface area contributed by atoms with Crippen LogP contribution in [0.5, 0.6) is 0 Å². The number of nitrogen functional groups attached to an aromatic ring is 1. The third kappa shape index (κ3) is 1.62. The molecule has 0 bridgehead atoms. The molecule has 0 aliphatic carbocycles. The summed E-state index contributed by atoms with van der Waals surface area (Å²) in [6, 6.07) is 10.5. The van der Waals surface area contributed by atoms with Gasteiger partial charge in [0.05, 0.1) is 16.7 Å². The van der Waals surface area contributed by atoms with Crippen molar-refractivity contribution in [2.24, 2.45) is 0 Å². The zero-order chi connectivity index (χ0) is 12.7. The van der Waals surface area contributed by atoms with Crippen molar-refractivity contribution in [2.75, 3.05) is 5.73 Å². The Hall–Kier alpha value is -2.36. The summed E-state index contributed by atoms with van der Waals surface area (Å²) in [5.74, 6) is -0.258. The van der Waals surface area contributed by atoms with Crippen LogP contribution in [-0.4, -0.2) is 9.55 Å². The normalized spacial score (nSPS) is 11.0. The van der Waals surface area contributed by atoms with Crippen molar-refractivity contribution in [1.29, 1.82) is 0 Å². The van der Waals surface area contributed by atoms with E-state index in [2.05, 4.69) is 4.98 Å². The van der Waals surface area contributed by atoms with Crippen molar-refractivity contribution < 1.29 is 4.39 Å². The molecule has 2 N–H and O–H groups in total. The van der Waals surface area contributed by atoms with Gasteiger partial charge in [-0.15, -0.1) is 0 Å². The highest BCUT2D eigenvalue weighted by molar-refractivity contribution is 5.80. The van der Waals surface area contributed by atoms with Crippen LogP contribution >= 0.6 is 0 Å². The predicted molar refractivity (Wildman–Crippen MR) is 70.2 cm³/mol.